The normalized spacial score (nSPS) is 20.8. The van der Waals surface area contributed by atoms with Crippen molar-refractivity contribution in [1.29, 1.82) is 0 Å². The van der Waals surface area contributed by atoms with Crippen LogP contribution in [-0.2, 0) is 11.3 Å². The van der Waals surface area contributed by atoms with Gasteiger partial charge in [0.1, 0.15) is 6.61 Å². The number of likely N-dealkylation sites (tertiary alicyclic amines) is 1. The van der Waals surface area contributed by atoms with Crippen LogP contribution in [0.4, 0.5) is 9.59 Å². The maximum Gasteiger partial charge on any atom is 0.418 e. The van der Waals surface area contributed by atoms with Crippen LogP contribution in [0.25, 0.3) is 0 Å². The second-order valence-electron chi connectivity index (χ2n) is 7.12. The van der Waals surface area contributed by atoms with Gasteiger partial charge in [0.05, 0.1) is 12.1 Å². The highest BCUT2D eigenvalue weighted by atomic mass is 16.6. The van der Waals surface area contributed by atoms with E-state index < -0.39 is 23.8 Å². The van der Waals surface area contributed by atoms with Gasteiger partial charge in [-0.3, -0.25) is 0 Å². The molecule has 1 aliphatic rings. The van der Waals surface area contributed by atoms with Gasteiger partial charge < -0.3 is 14.7 Å². The number of hydrogen-bond donors (Lipinski definition) is 1. The van der Waals surface area contributed by atoms with Crippen LogP contribution in [0.5, 0.6) is 0 Å². The number of hydrogen-bond acceptors (Lipinski definition) is 4. The highest BCUT2D eigenvalue weighted by molar-refractivity contribution is 5.92. The Hall–Kier alpha value is -2.08. The molecule has 1 aromatic carbocycles. The smallest absolute Gasteiger partial charge is 0.418 e. The summed E-state index contributed by atoms with van der Waals surface area (Å²) in [6.07, 6.45) is -0.717. The number of aliphatic hydroxyl groups is 1. The van der Waals surface area contributed by atoms with Crippen LogP contribution in [0.2, 0.25) is 0 Å². The van der Waals surface area contributed by atoms with E-state index in [0.29, 0.717) is 13.0 Å². The summed E-state index contributed by atoms with van der Waals surface area (Å²) in [4.78, 5) is 28.0. The van der Waals surface area contributed by atoms with Crippen LogP contribution < -0.4 is 0 Å². The maximum atomic E-state index is 12.8. The summed E-state index contributed by atoms with van der Waals surface area (Å²) >= 11 is 0. The molecule has 132 valence electrons. The summed E-state index contributed by atoms with van der Waals surface area (Å²) in [6.45, 7) is 7.67. The van der Waals surface area contributed by atoms with E-state index in [0.717, 1.165) is 10.5 Å². The third kappa shape index (κ3) is 4.06. The lowest BCUT2D eigenvalue weighted by Gasteiger charge is -2.37. The molecule has 0 radical (unpaired) electrons. The Morgan fingerprint density at radius 1 is 1.29 bits per heavy atom. The second kappa shape index (κ2) is 7.21. The Labute approximate surface area is 143 Å². The first-order chi connectivity index (χ1) is 11.2. The molecule has 2 rings (SSSR count). The van der Waals surface area contributed by atoms with E-state index in [1.807, 2.05) is 30.3 Å². The molecule has 1 fully saturated rings. The lowest BCUT2D eigenvalue weighted by molar-refractivity contribution is 0.0593. The van der Waals surface area contributed by atoms with Gasteiger partial charge in [-0.15, -0.1) is 0 Å². The number of carbonyl (C=O) groups excluding carboxylic acids is 2. The van der Waals surface area contributed by atoms with E-state index in [1.165, 1.54) is 4.90 Å². The highest BCUT2D eigenvalue weighted by Crippen LogP contribution is 2.24. The third-order valence-corrected chi connectivity index (χ3v) is 4.21. The molecule has 6 nitrogen and oxygen atoms in total. The largest absolute Gasteiger partial charge is 0.444 e. The summed E-state index contributed by atoms with van der Waals surface area (Å²) in [7, 11) is 0. The van der Waals surface area contributed by atoms with Gasteiger partial charge in [0, 0.05) is 12.1 Å². The van der Waals surface area contributed by atoms with Gasteiger partial charge in [-0.1, -0.05) is 30.3 Å². The standard InChI is InChI=1S/C18H26N2O4/c1-13-15(21)10-11-19(13)16(22)20(18(2,3)4)17(23)24-12-14-8-6-5-7-9-14/h5-9,13,15,21H,10-12H2,1-4H3. The van der Waals surface area contributed by atoms with Crippen molar-refractivity contribution in [3.63, 3.8) is 0 Å². The average Bonchev–Trinajstić information content (AvgIpc) is 2.84. The number of nitrogens with zero attached hydrogens (tertiary/aromatic N) is 2. The number of carbonyl (C=O) groups is 2. The van der Waals surface area contributed by atoms with Crippen LogP contribution in [-0.4, -0.2) is 51.3 Å². The molecule has 0 saturated carbocycles. The summed E-state index contributed by atoms with van der Waals surface area (Å²) in [5, 5.41) is 9.86. The fourth-order valence-corrected chi connectivity index (χ4v) is 2.74. The number of benzene rings is 1. The Bertz CT molecular complexity index is 582. The quantitative estimate of drug-likeness (QED) is 0.902. The van der Waals surface area contributed by atoms with E-state index >= 15 is 0 Å². The van der Waals surface area contributed by atoms with Crippen molar-refractivity contribution in [3.05, 3.63) is 35.9 Å². The van der Waals surface area contributed by atoms with Gasteiger partial charge >= 0.3 is 12.1 Å². The first kappa shape index (κ1) is 18.3. The molecular weight excluding hydrogens is 308 g/mol. The number of amides is 3. The number of aliphatic hydroxyl groups excluding tert-OH is 1. The molecule has 0 aliphatic carbocycles. The predicted octanol–water partition coefficient (Wildman–Crippen LogP) is 3.00. The van der Waals surface area contributed by atoms with Crippen molar-refractivity contribution in [2.24, 2.45) is 0 Å². The lowest BCUT2D eigenvalue weighted by atomic mass is 10.1. The van der Waals surface area contributed by atoms with Crippen LogP contribution in [0.15, 0.2) is 30.3 Å². The monoisotopic (exact) mass is 334 g/mol. The minimum Gasteiger partial charge on any atom is -0.444 e. The Morgan fingerprint density at radius 2 is 1.92 bits per heavy atom. The molecule has 1 N–H and O–H groups in total. The fraction of sp³-hybridized carbons (Fsp3) is 0.556. The molecule has 24 heavy (non-hydrogen) atoms. The van der Waals surface area contributed by atoms with Crippen molar-refractivity contribution in [2.75, 3.05) is 6.54 Å². The van der Waals surface area contributed by atoms with Crippen molar-refractivity contribution in [3.8, 4) is 0 Å². The number of ether oxygens (including phenoxy) is 1. The van der Waals surface area contributed by atoms with Gasteiger partial charge in [0.15, 0.2) is 0 Å². The van der Waals surface area contributed by atoms with Gasteiger partial charge in [-0.25, -0.2) is 14.5 Å². The molecule has 1 heterocycles. The molecule has 6 heteroatoms. The first-order valence-electron chi connectivity index (χ1n) is 8.21. The van der Waals surface area contributed by atoms with Crippen LogP contribution >= 0.6 is 0 Å². The minimum atomic E-state index is -0.724. The molecule has 1 aromatic rings. The van der Waals surface area contributed by atoms with Crippen LogP contribution in [0, 0.1) is 0 Å². The second-order valence-corrected chi connectivity index (χ2v) is 7.12. The van der Waals surface area contributed by atoms with E-state index in [1.54, 1.807) is 27.7 Å². The van der Waals surface area contributed by atoms with Crippen molar-refractivity contribution in [2.45, 2.75) is 58.4 Å². The molecule has 1 saturated heterocycles. The predicted molar refractivity (Wildman–Crippen MR) is 90.4 cm³/mol. The van der Waals surface area contributed by atoms with E-state index in [9.17, 15) is 14.7 Å². The molecule has 0 spiro atoms. The molecule has 0 bridgehead atoms. The topological polar surface area (TPSA) is 70.1 Å². The zero-order valence-electron chi connectivity index (χ0n) is 14.7. The van der Waals surface area contributed by atoms with Crippen LogP contribution in [0.1, 0.15) is 39.7 Å². The maximum absolute atomic E-state index is 12.8. The van der Waals surface area contributed by atoms with Crippen molar-refractivity contribution < 1.29 is 19.4 Å². The molecule has 3 amide bonds. The minimum absolute atomic E-state index is 0.109. The lowest BCUT2D eigenvalue weighted by Crippen LogP contribution is -2.56. The van der Waals surface area contributed by atoms with Gasteiger partial charge in [-0.2, -0.15) is 0 Å². The van der Waals surface area contributed by atoms with Crippen LogP contribution in [0.3, 0.4) is 0 Å². The number of imide groups is 1. The van der Waals surface area contributed by atoms with E-state index in [2.05, 4.69) is 0 Å². The Morgan fingerprint density at radius 3 is 2.42 bits per heavy atom. The number of urea groups is 1. The summed E-state index contributed by atoms with van der Waals surface area (Å²) in [5.41, 5.74) is 0.134. The Kier molecular flexibility index (Phi) is 5.49. The zero-order chi connectivity index (χ0) is 17.9. The SMILES string of the molecule is CC1C(O)CCN1C(=O)N(C(=O)OCc1ccccc1)C(C)(C)C. The molecular formula is C18H26N2O4. The van der Waals surface area contributed by atoms with E-state index in [4.69, 9.17) is 4.74 Å². The van der Waals surface area contributed by atoms with Crippen molar-refractivity contribution in [1.82, 2.24) is 9.80 Å². The van der Waals surface area contributed by atoms with E-state index in [-0.39, 0.29) is 12.6 Å². The molecule has 0 aromatic heterocycles. The average molecular weight is 334 g/mol. The van der Waals surface area contributed by atoms with Crippen molar-refractivity contribution >= 4 is 12.1 Å². The number of rotatable bonds is 2. The first-order valence-corrected chi connectivity index (χ1v) is 8.21. The molecule has 2 atom stereocenters. The molecule has 2 unspecified atom stereocenters. The van der Waals surface area contributed by atoms with Gasteiger partial charge in [0.2, 0.25) is 0 Å². The van der Waals surface area contributed by atoms with Gasteiger partial charge in [-0.05, 0) is 39.7 Å². The Balaban J connectivity index is 2.10. The summed E-state index contributed by atoms with van der Waals surface area (Å²) in [6, 6.07) is 8.59. The third-order valence-electron chi connectivity index (χ3n) is 4.21. The summed E-state index contributed by atoms with van der Waals surface area (Å²) in [5.74, 6) is 0. The van der Waals surface area contributed by atoms with Gasteiger partial charge in [0.25, 0.3) is 0 Å². The highest BCUT2D eigenvalue weighted by Gasteiger charge is 2.41. The summed E-state index contributed by atoms with van der Waals surface area (Å²) < 4.78 is 5.34. The fourth-order valence-electron chi connectivity index (χ4n) is 2.74. The molecule has 1 aliphatic heterocycles. The zero-order valence-corrected chi connectivity index (χ0v) is 14.7.